The Kier molecular flexibility index (Phi) is 6.02. The van der Waals surface area contributed by atoms with Gasteiger partial charge in [-0.15, -0.1) is 0 Å². The molecule has 31 heavy (non-hydrogen) atoms. The molecule has 2 aromatic carbocycles. The number of benzene rings is 2. The van der Waals surface area contributed by atoms with E-state index < -0.39 is 17.7 Å². The summed E-state index contributed by atoms with van der Waals surface area (Å²) in [5, 5.41) is 12.3. The van der Waals surface area contributed by atoms with Crippen LogP contribution < -0.4 is 4.74 Å². The molecule has 0 radical (unpaired) electrons. The van der Waals surface area contributed by atoms with Crippen molar-refractivity contribution in [3.63, 3.8) is 0 Å². The van der Waals surface area contributed by atoms with E-state index in [-0.39, 0.29) is 30.5 Å². The molecular weight excluding hydrogens is 420 g/mol. The number of carbonyl (C=O) groups is 1. The number of ketones is 1. The summed E-state index contributed by atoms with van der Waals surface area (Å²) in [7, 11) is 0. The van der Waals surface area contributed by atoms with E-state index in [1.54, 1.807) is 50.2 Å². The maximum atomic E-state index is 12.9. The van der Waals surface area contributed by atoms with Crippen LogP contribution in [-0.4, -0.2) is 40.4 Å². The molecule has 0 bridgehead atoms. The van der Waals surface area contributed by atoms with Gasteiger partial charge in [0.05, 0.1) is 11.0 Å². The molecule has 1 N–H and O–H groups in total. The number of hydrogen-bond acceptors (Lipinski definition) is 7. The van der Waals surface area contributed by atoms with Crippen molar-refractivity contribution in [1.82, 2.24) is 9.97 Å². The number of carbonyl (C=O) groups excluding carboxylic acids is 1. The summed E-state index contributed by atoms with van der Waals surface area (Å²) in [4.78, 5) is 21.9. The van der Waals surface area contributed by atoms with Gasteiger partial charge in [0.15, 0.2) is 11.4 Å². The molecule has 2 heterocycles. The first-order chi connectivity index (χ1) is 15.0. The molecule has 1 aliphatic rings. The molecule has 7 nitrogen and oxygen atoms in total. The number of ether oxygens (including phenoxy) is 3. The van der Waals surface area contributed by atoms with E-state index in [0.29, 0.717) is 21.6 Å². The molecule has 4 rings (SSSR count). The van der Waals surface area contributed by atoms with Crippen LogP contribution in [0.25, 0.3) is 11.0 Å². The number of halogens is 1. The summed E-state index contributed by atoms with van der Waals surface area (Å²) < 4.78 is 16.6. The molecular formula is C23H21ClN2O5. The zero-order valence-corrected chi connectivity index (χ0v) is 17.8. The first-order valence-electron chi connectivity index (χ1n) is 9.90. The van der Waals surface area contributed by atoms with Crippen molar-refractivity contribution in [2.24, 2.45) is 0 Å². The summed E-state index contributed by atoms with van der Waals surface area (Å²) in [6.07, 6.45) is 0.0590. The zero-order chi connectivity index (χ0) is 22.0. The minimum atomic E-state index is -1.87. The summed E-state index contributed by atoms with van der Waals surface area (Å²) in [5.41, 5.74) is -0.109. The highest BCUT2D eigenvalue weighted by Crippen LogP contribution is 2.47. The van der Waals surface area contributed by atoms with E-state index >= 15 is 0 Å². The van der Waals surface area contributed by atoms with Crippen molar-refractivity contribution in [3.05, 3.63) is 76.6 Å². The summed E-state index contributed by atoms with van der Waals surface area (Å²) in [6, 6.07) is 13.9. The maximum Gasteiger partial charge on any atom is 0.245 e. The van der Waals surface area contributed by atoms with Crippen LogP contribution in [0.5, 0.6) is 5.88 Å². The van der Waals surface area contributed by atoms with Gasteiger partial charge >= 0.3 is 0 Å². The van der Waals surface area contributed by atoms with E-state index in [4.69, 9.17) is 25.8 Å². The van der Waals surface area contributed by atoms with Crippen LogP contribution in [0.1, 0.15) is 25.1 Å². The van der Waals surface area contributed by atoms with Crippen molar-refractivity contribution >= 4 is 28.4 Å². The zero-order valence-electron chi connectivity index (χ0n) is 17.0. The summed E-state index contributed by atoms with van der Waals surface area (Å²) in [5.74, 6) is -0.435. The molecule has 0 fully saturated rings. The number of nitrogens with zero attached hydrogens (tertiary/aromatic N) is 2. The average Bonchev–Trinajstić information content (AvgIpc) is 3.03. The quantitative estimate of drug-likeness (QED) is 0.441. The Morgan fingerprint density at radius 3 is 2.45 bits per heavy atom. The first kappa shape index (κ1) is 21.4. The summed E-state index contributed by atoms with van der Waals surface area (Å²) >= 11 is 6.18. The first-order valence-corrected chi connectivity index (χ1v) is 10.3. The van der Waals surface area contributed by atoms with Gasteiger partial charge in [0.1, 0.15) is 5.69 Å². The Hall–Kier alpha value is -2.84. The second-order valence-corrected chi connectivity index (χ2v) is 7.28. The Morgan fingerprint density at radius 2 is 1.81 bits per heavy atom. The third-order valence-corrected chi connectivity index (χ3v) is 5.06. The van der Waals surface area contributed by atoms with Crippen LogP contribution in [0.4, 0.5) is 0 Å². The predicted molar refractivity (Wildman–Crippen MR) is 115 cm³/mol. The number of rotatable bonds is 7. The maximum absolute atomic E-state index is 12.9. The van der Waals surface area contributed by atoms with Gasteiger partial charge in [-0.3, -0.25) is 4.79 Å². The van der Waals surface area contributed by atoms with Crippen LogP contribution in [0, 0.1) is 0 Å². The SMILES string of the molecule is CCOC(OCC)C(=O)/C=C1/Oc2nc3ccccc3nc2C1(O)c1cccc(Cl)c1. The highest BCUT2D eigenvalue weighted by atomic mass is 35.5. The van der Waals surface area contributed by atoms with Crippen molar-refractivity contribution in [2.75, 3.05) is 13.2 Å². The largest absolute Gasteiger partial charge is 0.438 e. The molecule has 1 aromatic heterocycles. The van der Waals surface area contributed by atoms with Crippen LogP contribution in [-0.2, 0) is 19.9 Å². The molecule has 0 saturated heterocycles. The fourth-order valence-corrected chi connectivity index (χ4v) is 3.61. The molecule has 0 saturated carbocycles. The molecule has 1 unspecified atom stereocenters. The standard InChI is InChI=1S/C23H21ClN2O5/c1-3-29-22(30-4-2)18(27)13-19-23(28,14-8-7-9-15(24)12-14)20-21(31-19)26-17-11-6-5-10-16(17)25-20/h5-13,22,28H,3-4H2,1-2H3/b19-13+. The van der Waals surface area contributed by atoms with Gasteiger partial charge in [0.2, 0.25) is 18.0 Å². The predicted octanol–water partition coefficient (Wildman–Crippen LogP) is 3.76. The van der Waals surface area contributed by atoms with Gasteiger partial charge in [-0.05, 0) is 43.7 Å². The number of para-hydroxylation sites is 2. The Morgan fingerprint density at radius 1 is 1.13 bits per heavy atom. The van der Waals surface area contributed by atoms with E-state index in [1.807, 2.05) is 12.1 Å². The Balaban J connectivity index is 1.88. The van der Waals surface area contributed by atoms with Crippen LogP contribution in [0.2, 0.25) is 5.02 Å². The van der Waals surface area contributed by atoms with Crippen molar-refractivity contribution in [2.45, 2.75) is 25.7 Å². The monoisotopic (exact) mass is 440 g/mol. The number of fused-ring (bicyclic) bond motifs is 2. The second-order valence-electron chi connectivity index (χ2n) is 6.84. The van der Waals surface area contributed by atoms with Gasteiger partial charge in [0.25, 0.3) is 0 Å². The Bertz CT molecular complexity index is 1160. The number of aliphatic hydroxyl groups is 1. The molecule has 0 aliphatic carbocycles. The highest BCUT2D eigenvalue weighted by Gasteiger charge is 2.49. The molecule has 3 aromatic rings. The fourth-order valence-electron chi connectivity index (χ4n) is 3.42. The lowest BCUT2D eigenvalue weighted by Gasteiger charge is -2.23. The van der Waals surface area contributed by atoms with Crippen LogP contribution >= 0.6 is 11.6 Å². The number of aromatic nitrogens is 2. The smallest absolute Gasteiger partial charge is 0.245 e. The third-order valence-electron chi connectivity index (χ3n) is 4.83. The molecule has 160 valence electrons. The van der Waals surface area contributed by atoms with E-state index in [0.717, 1.165) is 0 Å². The molecule has 8 heteroatoms. The van der Waals surface area contributed by atoms with E-state index in [9.17, 15) is 9.90 Å². The van der Waals surface area contributed by atoms with Gasteiger partial charge < -0.3 is 19.3 Å². The normalized spacial score (nSPS) is 19.1. The fraction of sp³-hybridized carbons (Fsp3) is 0.261. The lowest BCUT2D eigenvalue weighted by Crippen LogP contribution is -2.31. The van der Waals surface area contributed by atoms with E-state index in [2.05, 4.69) is 9.97 Å². The average molecular weight is 441 g/mol. The van der Waals surface area contributed by atoms with Gasteiger partial charge in [0, 0.05) is 24.3 Å². The molecule has 1 atom stereocenters. The molecule has 0 spiro atoms. The minimum absolute atomic E-state index is 0.0468. The molecule has 1 aliphatic heterocycles. The van der Waals surface area contributed by atoms with Gasteiger partial charge in [-0.2, -0.15) is 0 Å². The van der Waals surface area contributed by atoms with Crippen LogP contribution in [0.3, 0.4) is 0 Å². The number of hydrogen-bond donors (Lipinski definition) is 1. The Labute approximate surface area is 184 Å². The lowest BCUT2D eigenvalue weighted by molar-refractivity contribution is -0.163. The minimum Gasteiger partial charge on any atom is -0.438 e. The third kappa shape index (κ3) is 3.93. The second kappa shape index (κ2) is 8.72. The van der Waals surface area contributed by atoms with E-state index in [1.165, 1.54) is 6.08 Å². The van der Waals surface area contributed by atoms with Gasteiger partial charge in [-0.1, -0.05) is 35.9 Å². The van der Waals surface area contributed by atoms with Gasteiger partial charge in [-0.25, -0.2) is 9.97 Å². The lowest BCUT2D eigenvalue weighted by atomic mass is 9.89. The van der Waals surface area contributed by atoms with Crippen molar-refractivity contribution < 1.29 is 24.1 Å². The van der Waals surface area contributed by atoms with Crippen LogP contribution in [0.15, 0.2) is 60.4 Å². The van der Waals surface area contributed by atoms with Crippen molar-refractivity contribution in [1.29, 1.82) is 0 Å². The topological polar surface area (TPSA) is 90.8 Å². The molecule has 0 amide bonds. The highest BCUT2D eigenvalue weighted by molar-refractivity contribution is 6.30. The summed E-state index contributed by atoms with van der Waals surface area (Å²) in [6.45, 7) is 4.09. The van der Waals surface area contributed by atoms with Crippen molar-refractivity contribution in [3.8, 4) is 5.88 Å².